The maximum atomic E-state index is 6.38. The zero-order valence-electron chi connectivity index (χ0n) is 20.0. The lowest BCUT2D eigenvalue weighted by Gasteiger charge is -2.24. The molecule has 37 heavy (non-hydrogen) atoms. The number of ether oxygens (including phenoxy) is 1. The van der Waals surface area contributed by atoms with Gasteiger partial charge in [0.1, 0.15) is 5.75 Å². The summed E-state index contributed by atoms with van der Waals surface area (Å²) in [6.45, 7) is 0. The van der Waals surface area contributed by atoms with Crippen LogP contribution >= 0.6 is 27.5 Å². The van der Waals surface area contributed by atoms with Crippen molar-refractivity contribution in [3.63, 3.8) is 0 Å². The van der Waals surface area contributed by atoms with E-state index < -0.39 is 0 Å². The zero-order chi connectivity index (χ0) is 25.4. The number of halogens is 2. The number of para-hydroxylation sites is 1. The summed E-state index contributed by atoms with van der Waals surface area (Å²) in [6.07, 6.45) is 0.680. The summed E-state index contributed by atoms with van der Waals surface area (Å²) in [4.78, 5) is 10.0. The first-order valence-electron chi connectivity index (χ1n) is 11.9. The minimum Gasteiger partial charge on any atom is -0.496 e. The van der Waals surface area contributed by atoms with E-state index in [4.69, 9.17) is 31.4 Å². The Morgan fingerprint density at radius 2 is 1.65 bits per heavy atom. The Morgan fingerprint density at radius 3 is 2.46 bits per heavy atom. The lowest BCUT2D eigenvalue weighted by atomic mass is 9.98. The van der Waals surface area contributed by atoms with Crippen molar-refractivity contribution in [2.45, 2.75) is 12.5 Å². The predicted molar refractivity (Wildman–Crippen MR) is 153 cm³/mol. The van der Waals surface area contributed by atoms with Gasteiger partial charge in [0.15, 0.2) is 0 Å². The molecule has 0 aliphatic carbocycles. The number of rotatable bonds is 5. The molecule has 1 atom stereocenters. The summed E-state index contributed by atoms with van der Waals surface area (Å²) < 4.78 is 6.74. The average molecular weight is 570 g/mol. The van der Waals surface area contributed by atoms with Crippen LogP contribution in [0.4, 0.5) is 5.95 Å². The van der Waals surface area contributed by atoms with Crippen LogP contribution in [0, 0.1) is 0 Å². The van der Waals surface area contributed by atoms with Crippen LogP contribution in [-0.2, 0) is 0 Å². The highest BCUT2D eigenvalue weighted by Crippen LogP contribution is 2.41. The van der Waals surface area contributed by atoms with Crippen LogP contribution in [-0.4, -0.2) is 22.8 Å². The van der Waals surface area contributed by atoms with Crippen molar-refractivity contribution in [1.82, 2.24) is 9.97 Å². The van der Waals surface area contributed by atoms with Crippen LogP contribution in [0.3, 0.4) is 0 Å². The third-order valence-corrected chi connectivity index (χ3v) is 7.19. The van der Waals surface area contributed by atoms with Crippen molar-refractivity contribution in [3.8, 4) is 17.0 Å². The Bertz CT molecular complexity index is 1640. The van der Waals surface area contributed by atoms with E-state index in [-0.39, 0.29) is 6.04 Å². The maximum Gasteiger partial charge on any atom is 0.247 e. The number of aromatic nitrogens is 2. The lowest BCUT2D eigenvalue weighted by Crippen LogP contribution is -2.21. The quantitative estimate of drug-likeness (QED) is 0.215. The molecule has 0 saturated carbocycles. The number of hydrazone groups is 1. The first-order valence-corrected chi connectivity index (χ1v) is 13.1. The Labute approximate surface area is 228 Å². The SMILES string of the molecule is COc1ccccc1[C@@H]1CC(c2cccc(Br)c2)=NN1c1nc(-c2ccccc2)c2cc(Cl)ccc2n1. The van der Waals surface area contributed by atoms with Crippen LogP contribution in [0.2, 0.25) is 5.02 Å². The van der Waals surface area contributed by atoms with Gasteiger partial charge in [-0.05, 0) is 42.0 Å². The van der Waals surface area contributed by atoms with Gasteiger partial charge in [-0.25, -0.2) is 15.0 Å². The molecule has 7 heteroatoms. The Balaban J connectivity index is 1.56. The number of hydrogen-bond acceptors (Lipinski definition) is 5. The molecule has 0 radical (unpaired) electrons. The Kier molecular flexibility index (Phi) is 6.37. The second-order valence-corrected chi connectivity index (χ2v) is 10.1. The van der Waals surface area contributed by atoms with Gasteiger partial charge in [-0.15, -0.1) is 0 Å². The number of fused-ring (bicyclic) bond motifs is 1. The van der Waals surface area contributed by atoms with E-state index in [1.165, 1.54) is 0 Å². The van der Waals surface area contributed by atoms with Crippen LogP contribution in [0.25, 0.3) is 22.2 Å². The molecule has 0 saturated heterocycles. The summed E-state index contributed by atoms with van der Waals surface area (Å²) >= 11 is 9.97. The van der Waals surface area contributed by atoms with E-state index in [1.54, 1.807) is 7.11 Å². The number of anilines is 1. The van der Waals surface area contributed by atoms with E-state index in [0.29, 0.717) is 17.4 Å². The highest BCUT2D eigenvalue weighted by molar-refractivity contribution is 9.10. The third-order valence-electron chi connectivity index (χ3n) is 6.46. The van der Waals surface area contributed by atoms with E-state index in [0.717, 1.165) is 49.2 Å². The monoisotopic (exact) mass is 568 g/mol. The van der Waals surface area contributed by atoms with E-state index in [2.05, 4.69) is 34.1 Å². The van der Waals surface area contributed by atoms with Crippen molar-refractivity contribution >= 4 is 50.1 Å². The van der Waals surface area contributed by atoms with E-state index in [1.807, 2.05) is 83.9 Å². The van der Waals surface area contributed by atoms with Crippen molar-refractivity contribution in [3.05, 3.63) is 118 Å². The smallest absolute Gasteiger partial charge is 0.247 e. The van der Waals surface area contributed by atoms with Crippen molar-refractivity contribution < 1.29 is 4.74 Å². The fourth-order valence-corrected chi connectivity index (χ4v) is 5.30. The zero-order valence-corrected chi connectivity index (χ0v) is 22.3. The number of benzene rings is 4. The first kappa shape index (κ1) is 23.6. The number of methoxy groups -OCH3 is 1. The number of nitrogens with zero attached hydrogens (tertiary/aromatic N) is 4. The molecule has 1 aliphatic heterocycles. The summed E-state index contributed by atoms with van der Waals surface area (Å²) in [5, 5.41) is 8.55. The molecule has 0 unspecified atom stereocenters. The normalized spacial score (nSPS) is 15.2. The van der Waals surface area contributed by atoms with Gasteiger partial charge in [-0.3, -0.25) is 0 Å². The molecule has 1 aromatic heterocycles. The molecule has 0 N–H and O–H groups in total. The molecule has 0 bridgehead atoms. The molecule has 182 valence electrons. The summed E-state index contributed by atoms with van der Waals surface area (Å²) in [5.41, 5.74) is 5.64. The Hall–Kier alpha value is -3.74. The van der Waals surface area contributed by atoms with Gasteiger partial charge in [0.05, 0.1) is 30.1 Å². The summed E-state index contributed by atoms with van der Waals surface area (Å²) in [7, 11) is 1.69. The fourth-order valence-electron chi connectivity index (χ4n) is 4.73. The fraction of sp³-hybridized carbons (Fsp3) is 0.100. The molecule has 1 aliphatic rings. The molecule has 0 amide bonds. The maximum absolute atomic E-state index is 6.38. The third kappa shape index (κ3) is 4.59. The summed E-state index contributed by atoms with van der Waals surface area (Å²) in [6, 6.07) is 31.9. The van der Waals surface area contributed by atoms with E-state index >= 15 is 0 Å². The lowest BCUT2D eigenvalue weighted by molar-refractivity contribution is 0.405. The van der Waals surface area contributed by atoms with Gasteiger partial charge >= 0.3 is 0 Å². The van der Waals surface area contributed by atoms with Gasteiger partial charge in [0.2, 0.25) is 5.95 Å². The first-order chi connectivity index (χ1) is 18.1. The summed E-state index contributed by atoms with van der Waals surface area (Å²) in [5.74, 6) is 1.33. The molecule has 0 spiro atoms. The van der Waals surface area contributed by atoms with Gasteiger partial charge < -0.3 is 4.74 Å². The highest BCUT2D eigenvalue weighted by Gasteiger charge is 2.34. The highest BCUT2D eigenvalue weighted by atomic mass is 79.9. The van der Waals surface area contributed by atoms with Gasteiger partial charge in [0.25, 0.3) is 0 Å². The molecule has 5 aromatic rings. The predicted octanol–water partition coefficient (Wildman–Crippen LogP) is 8.08. The second kappa shape index (κ2) is 9.96. The molecular formula is C30H22BrClN4O. The molecular weight excluding hydrogens is 548 g/mol. The molecule has 2 heterocycles. The van der Waals surface area contributed by atoms with Crippen LogP contribution in [0.5, 0.6) is 5.75 Å². The minimum atomic E-state index is -0.140. The largest absolute Gasteiger partial charge is 0.496 e. The van der Waals surface area contributed by atoms with Gasteiger partial charge in [0, 0.05) is 32.4 Å². The number of hydrogen-bond donors (Lipinski definition) is 0. The van der Waals surface area contributed by atoms with Gasteiger partial charge in [-0.1, -0.05) is 88.2 Å². The average Bonchev–Trinajstić information content (AvgIpc) is 3.38. The van der Waals surface area contributed by atoms with Crippen molar-refractivity contribution in [1.29, 1.82) is 0 Å². The minimum absolute atomic E-state index is 0.140. The molecule has 4 aromatic carbocycles. The van der Waals surface area contributed by atoms with Gasteiger partial charge in [-0.2, -0.15) is 5.10 Å². The molecule has 5 nitrogen and oxygen atoms in total. The van der Waals surface area contributed by atoms with Crippen molar-refractivity contribution in [2.75, 3.05) is 12.1 Å². The topological polar surface area (TPSA) is 50.6 Å². The standard InChI is InChI=1S/C30H22BrClN4O/c1-37-28-13-6-5-12-23(28)27-18-26(20-10-7-11-21(31)16-20)35-36(27)30-33-25-15-14-22(32)17-24(25)29(34-30)19-8-3-2-4-9-19/h2-17,27H,18H2,1H3/t27-/m0/s1. The molecule has 6 rings (SSSR count). The second-order valence-electron chi connectivity index (χ2n) is 8.76. The molecule has 0 fully saturated rings. The van der Waals surface area contributed by atoms with Crippen LogP contribution < -0.4 is 9.75 Å². The van der Waals surface area contributed by atoms with Crippen LogP contribution in [0.1, 0.15) is 23.6 Å². The van der Waals surface area contributed by atoms with E-state index in [9.17, 15) is 0 Å². The van der Waals surface area contributed by atoms with Crippen LogP contribution in [0.15, 0.2) is 107 Å². The Morgan fingerprint density at radius 1 is 0.865 bits per heavy atom. The van der Waals surface area contributed by atoms with Crippen molar-refractivity contribution in [2.24, 2.45) is 5.10 Å².